The molecule has 6 heteroatoms. The molecule has 0 bridgehead atoms. The third-order valence-electron chi connectivity index (χ3n) is 2.10. The Hall–Kier alpha value is -1.04. The molecule has 1 aromatic rings. The molecule has 0 fully saturated rings. The van der Waals surface area contributed by atoms with Gasteiger partial charge in [-0.1, -0.05) is 0 Å². The van der Waals surface area contributed by atoms with E-state index in [1.807, 2.05) is 0 Å². The van der Waals surface area contributed by atoms with E-state index in [4.69, 9.17) is 20.3 Å². The van der Waals surface area contributed by atoms with Crippen LogP contribution in [0.1, 0.15) is 11.6 Å². The highest BCUT2D eigenvalue weighted by atomic mass is 35.5. The number of halogens is 2. The molecule has 4 nitrogen and oxygen atoms in total. The van der Waals surface area contributed by atoms with Crippen molar-refractivity contribution in [1.29, 1.82) is 0 Å². The van der Waals surface area contributed by atoms with E-state index < -0.39 is 11.9 Å². The number of rotatable bonds is 4. The lowest BCUT2D eigenvalue weighted by Gasteiger charge is -2.14. The molecule has 3 N–H and O–H groups in total. The van der Waals surface area contributed by atoms with Crippen LogP contribution in [0.15, 0.2) is 12.1 Å². The summed E-state index contributed by atoms with van der Waals surface area (Å²) >= 11 is 0. The Kier molecular flexibility index (Phi) is 6.10. The van der Waals surface area contributed by atoms with Crippen LogP contribution in [-0.2, 0) is 0 Å². The summed E-state index contributed by atoms with van der Waals surface area (Å²) in [6, 6.07) is 1.85. The fourth-order valence-electron chi connectivity index (χ4n) is 1.25. The average Bonchev–Trinajstić information content (AvgIpc) is 2.27. The molecule has 0 spiro atoms. The van der Waals surface area contributed by atoms with Crippen LogP contribution in [0, 0.1) is 5.82 Å². The molecule has 1 atom stereocenters. The van der Waals surface area contributed by atoms with Crippen molar-refractivity contribution in [2.45, 2.75) is 6.04 Å². The van der Waals surface area contributed by atoms with Gasteiger partial charge < -0.3 is 20.3 Å². The van der Waals surface area contributed by atoms with Gasteiger partial charge in [-0.25, -0.2) is 4.39 Å². The SMILES string of the molecule is COc1cc(F)c([C@@H](N)CO)cc1OC.Cl. The summed E-state index contributed by atoms with van der Waals surface area (Å²) in [5.41, 5.74) is 5.73. The number of benzene rings is 1. The molecule has 16 heavy (non-hydrogen) atoms. The van der Waals surface area contributed by atoms with Crippen LogP contribution in [0.4, 0.5) is 4.39 Å². The zero-order chi connectivity index (χ0) is 11.4. The molecule has 1 aromatic carbocycles. The van der Waals surface area contributed by atoms with Gasteiger partial charge in [-0.3, -0.25) is 0 Å². The summed E-state index contributed by atoms with van der Waals surface area (Å²) < 4.78 is 23.4. The first-order valence-corrected chi connectivity index (χ1v) is 4.41. The van der Waals surface area contributed by atoms with Gasteiger partial charge in [0.1, 0.15) is 5.82 Å². The topological polar surface area (TPSA) is 64.7 Å². The summed E-state index contributed by atoms with van der Waals surface area (Å²) in [7, 11) is 2.87. The first kappa shape index (κ1) is 15.0. The summed E-state index contributed by atoms with van der Waals surface area (Å²) in [5.74, 6) is 0.163. The molecule has 0 unspecified atom stereocenters. The lowest BCUT2D eigenvalue weighted by molar-refractivity contribution is 0.264. The summed E-state index contributed by atoms with van der Waals surface area (Å²) in [6.45, 7) is -0.327. The second kappa shape index (κ2) is 6.52. The molecule has 1 rings (SSSR count). The van der Waals surface area contributed by atoms with Crippen molar-refractivity contribution in [2.24, 2.45) is 5.73 Å². The fourth-order valence-corrected chi connectivity index (χ4v) is 1.25. The van der Waals surface area contributed by atoms with Crippen molar-refractivity contribution in [3.63, 3.8) is 0 Å². The molecule has 92 valence electrons. The molecule has 0 saturated heterocycles. The first-order chi connectivity index (χ1) is 7.13. The Morgan fingerprint density at radius 2 is 1.81 bits per heavy atom. The Bertz CT molecular complexity index is 349. The van der Waals surface area contributed by atoms with Crippen LogP contribution < -0.4 is 15.2 Å². The van der Waals surface area contributed by atoms with Crippen LogP contribution in [0.3, 0.4) is 0 Å². The number of hydrogen-bond acceptors (Lipinski definition) is 4. The average molecular weight is 252 g/mol. The molecular formula is C10H15ClFNO3. The van der Waals surface area contributed by atoms with Gasteiger partial charge in [0.2, 0.25) is 0 Å². The van der Waals surface area contributed by atoms with Crippen molar-refractivity contribution >= 4 is 12.4 Å². The third kappa shape index (κ3) is 2.98. The predicted octanol–water partition coefficient (Wildman–Crippen LogP) is 1.26. The molecule has 0 aliphatic rings. The van der Waals surface area contributed by atoms with Gasteiger partial charge in [0.25, 0.3) is 0 Å². The largest absolute Gasteiger partial charge is 0.493 e. The third-order valence-corrected chi connectivity index (χ3v) is 2.10. The summed E-state index contributed by atoms with van der Waals surface area (Å²) in [5, 5.41) is 8.84. The van der Waals surface area contributed by atoms with Gasteiger partial charge in [0.05, 0.1) is 26.9 Å². The Labute approximate surface area is 99.6 Å². The minimum Gasteiger partial charge on any atom is -0.493 e. The number of nitrogens with two attached hydrogens (primary N) is 1. The Balaban J connectivity index is 0.00000225. The number of aliphatic hydroxyl groups excluding tert-OH is 1. The zero-order valence-electron chi connectivity index (χ0n) is 9.07. The quantitative estimate of drug-likeness (QED) is 0.846. The molecule has 0 aliphatic carbocycles. The Morgan fingerprint density at radius 3 is 2.25 bits per heavy atom. The van der Waals surface area contributed by atoms with Crippen LogP contribution in [0.25, 0.3) is 0 Å². The number of hydrogen-bond donors (Lipinski definition) is 2. The molecule has 0 radical (unpaired) electrons. The van der Waals surface area contributed by atoms with Crippen LogP contribution in [0.2, 0.25) is 0 Å². The van der Waals surface area contributed by atoms with Crippen molar-refractivity contribution in [1.82, 2.24) is 0 Å². The molecular weight excluding hydrogens is 237 g/mol. The molecule has 0 aromatic heterocycles. The van der Waals surface area contributed by atoms with Gasteiger partial charge in [-0.05, 0) is 6.07 Å². The smallest absolute Gasteiger partial charge is 0.163 e. The van der Waals surface area contributed by atoms with E-state index in [1.165, 1.54) is 26.4 Å². The van der Waals surface area contributed by atoms with E-state index in [9.17, 15) is 4.39 Å². The van der Waals surface area contributed by atoms with Crippen molar-refractivity contribution in [2.75, 3.05) is 20.8 Å². The standard InChI is InChI=1S/C10H14FNO3.ClH/c1-14-9-3-6(8(12)5-13)7(11)4-10(9)15-2;/h3-4,8,13H,5,12H2,1-2H3;1H/t8-;/m0./s1. The molecule has 0 heterocycles. The second-order valence-corrected chi connectivity index (χ2v) is 3.02. The number of ether oxygens (including phenoxy) is 2. The predicted molar refractivity (Wildman–Crippen MR) is 60.8 cm³/mol. The highest BCUT2D eigenvalue weighted by molar-refractivity contribution is 5.85. The monoisotopic (exact) mass is 251 g/mol. The van der Waals surface area contributed by atoms with E-state index in [-0.39, 0.29) is 24.6 Å². The van der Waals surface area contributed by atoms with Crippen molar-refractivity contribution in [3.05, 3.63) is 23.5 Å². The van der Waals surface area contributed by atoms with Gasteiger partial charge >= 0.3 is 0 Å². The van der Waals surface area contributed by atoms with Crippen LogP contribution in [-0.4, -0.2) is 25.9 Å². The first-order valence-electron chi connectivity index (χ1n) is 4.41. The maximum atomic E-state index is 13.5. The summed E-state index contributed by atoms with van der Waals surface area (Å²) in [4.78, 5) is 0. The molecule has 0 aliphatic heterocycles. The second-order valence-electron chi connectivity index (χ2n) is 3.02. The normalized spacial score (nSPS) is 11.6. The van der Waals surface area contributed by atoms with Crippen LogP contribution >= 0.6 is 12.4 Å². The van der Waals surface area contributed by atoms with Crippen molar-refractivity contribution in [3.8, 4) is 11.5 Å². The van der Waals surface area contributed by atoms with Crippen LogP contribution in [0.5, 0.6) is 11.5 Å². The van der Waals surface area contributed by atoms with E-state index in [1.54, 1.807) is 0 Å². The maximum Gasteiger partial charge on any atom is 0.163 e. The number of methoxy groups -OCH3 is 2. The lowest BCUT2D eigenvalue weighted by Crippen LogP contribution is -2.16. The van der Waals surface area contributed by atoms with Gasteiger partial charge in [0, 0.05) is 11.6 Å². The highest BCUT2D eigenvalue weighted by Crippen LogP contribution is 2.31. The summed E-state index contributed by atoms with van der Waals surface area (Å²) in [6.07, 6.45) is 0. The van der Waals surface area contributed by atoms with Gasteiger partial charge in [-0.15, -0.1) is 12.4 Å². The maximum absolute atomic E-state index is 13.5. The molecule has 0 saturated carbocycles. The van der Waals surface area contributed by atoms with E-state index in [0.29, 0.717) is 11.5 Å². The Morgan fingerprint density at radius 1 is 1.31 bits per heavy atom. The van der Waals surface area contributed by atoms with E-state index >= 15 is 0 Å². The van der Waals surface area contributed by atoms with E-state index in [0.717, 1.165) is 0 Å². The van der Waals surface area contributed by atoms with Gasteiger partial charge in [0.15, 0.2) is 11.5 Å². The fraction of sp³-hybridized carbons (Fsp3) is 0.400. The highest BCUT2D eigenvalue weighted by Gasteiger charge is 2.15. The number of aliphatic hydroxyl groups is 1. The minimum atomic E-state index is -0.759. The van der Waals surface area contributed by atoms with E-state index in [2.05, 4.69) is 0 Å². The van der Waals surface area contributed by atoms with Gasteiger partial charge in [-0.2, -0.15) is 0 Å². The zero-order valence-corrected chi connectivity index (χ0v) is 9.88. The lowest BCUT2D eigenvalue weighted by atomic mass is 10.1. The van der Waals surface area contributed by atoms with Crippen molar-refractivity contribution < 1.29 is 19.0 Å². The minimum absolute atomic E-state index is 0. The molecule has 0 amide bonds.